The Morgan fingerprint density at radius 3 is 2.52 bits per heavy atom. The first kappa shape index (κ1) is 25.3. The van der Waals surface area contributed by atoms with Crippen molar-refractivity contribution in [3.8, 4) is 0 Å². The quantitative estimate of drug-likeness (QED) is 0.266. The molecule has 10 heteroatoms. The predicted molar refractivity (Wildman–Crippen MR) is 123 cm³/mol. The number of fused-ring (bicyclic) bond motifs is 1. The molecule has 3 aromatic rings. The van der Waals surface area contributed by atoms with Gasteiger partial charge in [-0.2, -0.15) is 4.98 Å². The number of methoxy groups -OCH3 is 1. The second-order valence-electron chi connectivity index (χ2n) is 7.46. The van der Waals surface area contributed by atoms with Crippen LogP contribution in [-0.4, -0.2) is 44.9 Å². The fourth-order valence-corrected chi connectivity index (χ4v) is 3.50. The number of carbonyl (C=O) groups is 3. The molecule has 0 bridgehead atoms. The van der Waals surface area contributed by atoms with Crippen LogP contribution in [0.15, 0.2) is 35.3 Å². The lowest BCUT2D eigenvalue weighted by atomic mass is 9.93. The van der Waals surface area contributed by atoms with Crippen molar-refractivity contribution < 1.29 is 24.2 Å². The topological polar surface area (TPSA) is 168 Å². The van der Waals surface area contributed by atoms with Crippen molar-refractivity contribution in [2.45, 2.75) is 39.5 Å². The SMILES string of the molecule is C.COC(=O)CC[C@H](CC(=O)c1ccc(CCc2c[nH]c3nc(N)[nH]c(=O)c23)cc1)C(=O)O. The normalized spacial score (nSPS) is 11.5. The van der Waals surface area contributed by atoms with Crippen molar-refractivity contribution in [1.82, 2.24) is 15.0 Å². The van der Waals surface area contributed by atoms with E-state index < -0.39 is 17.9 Å². The van der Waals surface area contributed by atoms with Gasteiger partial charge in [0.1, 0.15) is 5.65 Å². The number of esters is 1. The van der Waals surface area contributed by atoms with Crippen LogP contribution < -0.4 is 11.3 Å². The fourth-order valence-electron chi connectivity index (χ4n) is 3.50. The Bertz CT molecular complexity index is 1200. The minimum absolute atomic E-state index is 0. The highest BCUT2D eigenvalue weighted by Crippen LogP contribution is 2.19. The van der Waals surface area contributed by atoms with Crippen molar-refractivity contribution in [2.75, 3.05) is 12.8 Å². The van der Waals surface area contributed by atoms with Crippen LogP contribution in [0.4, 0.5) is 5.95 Å². The number of ketones is 1. The highest BCUT2D eigenvalue weighted by Gasteiger charge is 2.23. The molecule has 0 spiro atoms. The van der Waals surface area contributed by atoms with Crippen LogP contribution in [0.25, 0.3) is 11.0 Å². The number of Topliss-reactive ketones (excluding diaryl/α,β-unsaturated/α-hetero) is 1. The third-order valence-electron chi connectivity index (χ3n) is 5.31. The minimum atomic E-state index is -1.12. The average molecular weight is 456 g/mol. The minimum Gasteiger partial charge on any atom is -0.481 e. The Morgan fingerprint density at radius 2 is 1.88 bits per heavy atom. The molecular formula is C23H28N4O6. The summed E-state index contributed by atoms with van der Waals surface area (Å²) in [6.07, 6.45) is 2.72. The molecule has 0 aliphatic heterocycles. The molecule has 33 heavy (non-hydrogen) atoms. The van der Waals surface area contributed by atoms with E-state index in [0.29, 0.717) is 29.4 Å². The van der Waals surface area contributed by atoms with E-state index in [1.54, 1.807) is 30.5 Å². The fraction of sp³-hybridized carbons (Fsp3) is 0.348. The Balaban J connectivity index is 0.00000385. The maximum atomic E-state index is 12.5. The van der Waals surface area contributed by atoms with E-state index in [0.717, 1.165) is 11.1 Å². The van der Waals surface area contributed by atoms with Gasteiger partial charge in [-0.05, 0) is 30.4 Å². The molecule has 0 radical (unpaired) electrons. The number of aromatic nitrogens is 3. The number of nitrogens with one attached hydrogen (secondary N) is 2. The summed E-state index contributed by atoms with van der Waals surface area (Å²) >= 11 is 0. The number of aliphatic carboxylic acids is 1. The van der Waals surface area contributed by atoms with Crippen LogP contribution in [-0.2, 0) is 27.2 Å². The Hall–Kier alpha value is -3.95. The number of aryl methyl sites for hydroxylation is 2. The number of carbonyl (C=O) groups excluding carboxylic acids is 2. The van der Waals surface area contributed by atoms with Gasteiger partial charge in [-0.25, -0.2) is 0 Å². The van der Waals surface area contributed by atoms with Crippen molar-refractivity contribution in [3.05, 3.63) is 57.5 Å². The average Bonchev–Trinajstić information content (AvgIpc) is 3.17. The lowest BCUT2D eigenvalue weighted by molar-refractivity contribution is -0.143. The molecule has 0 amide bonds. The zero-order chi connectivity index (χ0) is 23.3. The van der Waals surface area contributed by atoms with Gasteiger partial charge in [-0.1, -0.05) is 31.7 Å². The third kappa shape index (κ3) is 6.28. The summed E-state index contributed by atoms with van der Waals surface area (Å²) in [6, 6.07) is 6.90. The van der Waals surface area contributed by atoms with E-state index in [9.17, 15) is 24.3 Å². The first-order chi connectivity index (χ1) is 15.3. The van der Waals surface area contributed by atoms with Gasteiger partial charge in [-0.15, -0.1) is 0 Å². The molecule has 5 N–H and O–H groups in total. The number of H-pyrrole nitrogens is 2. The van der Waals surface area contributed by atoms with Gasteiger partial charge in [0.05, 0.1) is 18.4 Å². The lowest BCUT2D eigenvalue weighted by Crippen LogP contribution is -2.19. The van der Waals surface area contributed by atoms with E-state index in [4.69, 9.17) is 5.73 Å². The van der Waals surface area contributed by atoms with Crippen LogP contribution in [0.2, 0.25) is 0 Å². The number of nitrogens with two attached hydrogens (primary N) is 1. The zero-order valence-corrected chi connectivity index (χ0v) is 17.5. The van der Waals surface area contributed by atoms with Gasteiger partial charge < -0.3 is 20.6 Å². The standard InChI is InChI=1S/C22H24N4O6.CH4/c1-32-17(28)9-8-14(21(30)31)10-16(27)13-5-2-12(3-6-13)4-7-15-11-24-19-18(15)20(29)26-22(23)25-19;/h2-3,5-6,11,14H,4,7-10H2,1H3,(H,30,31)(H4,23,24,25,26,29);1H4/t14-;/m1./s1. The molecule has 0 saturated carbocycles. The molecule has 10 nitrogen and oxygen atoms in total. The molecule has 2 aromatic heterocycles. The van der Waals surface area contributed by atoms with Gasteiger partial charge in [-0.3, -0.25) is 24.2 Å². The molecule has 3 rings (SSSR count). The number of carboxylic acid groups (broad SMARTS) is 1. The number of aromatic amines is 2. The number of benzene rings is 1. The van der Waals surface area contributed by atoms with E-state index in [2.05, 4.69) is 19.7 Å². The third-order valence-corrected chi connectivity index (χ3v) is 5.31. The van der Waals surface area contributed by atoms with Gasteiger partial charge in [0.25, 0.3) is 5.56 Å². The number of hydrogen-bond donors (Lipinski definition) is 4. The van der Waals surface area contributed by atoms with Crippen molar-refractivity contribution in [3.63, 3.8) is 0 Å². The second kappa shape index (κ2) is 11.1. The Kier molecular flexibility index (Phi) is 8.49. The van der Waals surface area contributed by atoms with Gasteiger partial charge in [0, 0.05) is 24.6 Å². The summed E-state index contributed by atoms with van der Waals surface area (Å²) in [7, 11) is 1.23. The maximum absolute atomic E-state index is 12.5. The van der Waals surface area contributed by atoms with Crippen LogP contribution >= 0.6 is 0 Å². The van der Waals surface area contributed by atoms with Gasteiger partial charge >= 0.3 is 11.9 Å². The summed E-state index contributed by atoms with van der Waals surface area (Å²) in [5.41, 5.74) is 7.85. The van der Waals surface area contributed by atoms with Crippen LogP contribution in [0.1, 0.15) is 48.2 Å². The number of nitrogens with zero attached hydrogens (tertiary/aromatic N) is 1. The molecule has 0 saturated heterocycles. The molecule has 1 atom stereocenters. The Morgan fingerprint density at radius 1 is 1.18 bits per heavy atom. The highest BCUT2D eigenvalue weighted by atomic mass is 16.5. The van der Waals surface area contributed by atoms with E-state index >= 15 is 0 Å². The lowest BCUT2D eigenvalue weighted by Gasteiger charge is -2.11. The van der Waals surface area contributed by atoms with Crippen molar-refractivity contribution in [2.24, 2.45) is 5.92 Å². The first-order valence-electron chi connectivity index (χ1n) is 10.1. The Labute approximate surface area is 190 Å². The largest absolute Gasteiger partial charge is 0.481 e. The van der Waals surface area contributed by atoms with E-state index in [-0.39, 0.29) is 44.0 Å². The molecule has 0 fully saturated rings. The number of rotatable bonds is 10. The predicted octanol–water partition coefficient (Wildman–Crippen LogP) is 2.48. The number of nitrogen functional groups attached to an aromatic ring is 1. The zero-order valence-electron chi connectivity index (χ0n) is 17.5. The highest BCUT2D eigenvalue weighted by molar-refractivity contribution is 5.98. The first-order valence-corrected chi connectivity index (χ1v) is 10.1. The molecule has 176 valence electrons. The molecule has 0 unspecified atom stereocenters. The summed E-state index contributed by atoms with van der Waals surface area (Å²) < 4.78 is 4.52. The summed E-state index contributed by atoms with van der Waals surface area (Å²) in [4.78, 5) is 56.8. The van der Waals surface area contributed by atoms with Crippen molar-refractivity contribution >= 4 is 34.7 Å². The smallest absolute Gasteiger partial charge is 0.306 e. The maximum Gasteiger partial charge on any atom is 0.306 e. The number of anilines is 1. The van der Waals surface area contributed by atoms with Crippen LogP contribution in [0.5, 0.6) is 0 Å². The summed E-state index contributed by atoms with van der Waals surface area (Å²) in [5, 5.41) is 9.80. The molecule has 0 aliphatic carbocycles. The monoisotopic (exact) mass is 456 g/mol. The summed E-state index contributed by atoms with van der Waals surface area (Å²) in [5.74, 6) is -2.84. The molecular weight excluding hydrogens is 428 g/mol. The molecule has 2 heterocycles. The number of ether oxygens (including phenoxy) is 1. The van der Waals surface area contributed by atoms with Gasteiger partial charge in [0.15, 0.2) is 5.78 Å². The second-order valence-corrected chi connectivity index (χ2v) is 7.46. The van der Waals surface area contributed by atoms with E-state index in [1.807, 2.05) is 0 Å². The number of hydrogen-bond acceptors (Lipinski definition) is 7. The summed E-state index contributed by atoms with van der Waals surface area (Å²) in [6.45, 7) is 0. The molecule has 0 aliphatic rings. The number of carboxylic acids is 1. The van der Waals surface area contributed by atoms with Crippen molar-refractivity contribution in [1.29, 1.82) is 0 Å². The van der Waals surface area contributed by atoms with E-state index in [1.165, 1.54) is 7.11 Å². The van der Waals surface area contributed by atoms with Crippen LogP contribution in [0, 0.1) is 5.92 Å². The molecule has 1 aromatic carbocycles. The van der Waals surface area contributed by atoms with Crippen LogP contribution in [0.3, 0.4) is 0 Å². The van der Waals surface area contributed by atoms with Gasteiger partial charge in [0.2, 0.25) is 5.95 Å².